The van der Waals surface area contributed by atoms with Crippen molar-refractivity contribution in [2.75, 3.05) is 0 Å². The van der Waals surface area contributed by atoms with Gasteiger partial charge in [0.05, 0.1) is 0 Å². The van der Waals surface area contributed by atoms with E-state index in [-0.39, 0.29) is 5.91 Å². The van der Waals surface area contributed by atoms with Crippen LogP contribution in [0.2, 0.25) is 0 Å². The third-order valence-corrected chi connectivity index (χ3v) is 2.63. The lowest BCUT2D eigenvalue weighted by molar-refractivity contribution is -0.139. The molecule has 1 rings (SSSR count). The minimum absolute atomic E-state index is 0.346. The van der Waals surface area contributed by atoms with Crippen LogP contribution in [0.4, 0.5) is 0 Å². The van der Waals surface area contributed by atoms with E-state index in [0.717, 1.165) is 12.8 Å². The number of unbranched alkanes of at least 4 members (excludes halogenated alkanes) is 1. The van der Waals surface area contributed by atoms with Gasteiger partial charge in [0.15, 0.2) is 0 Å². The highest BCUT2D eigenvalue weighted by Gasteiger charge is 2.20. The Morgan fingerprint density at radius 3 is 2.71 bits per heavy atom. The summed E-state index contributed by atoms with van der Waals surface area (Å²) in [6, 6.07) is 2.60. The lowest BCUT2D eigenvalue weighted by Gasteiger charge is -2.14. The fourth-order valence-electron chi connectivity index (χ4n) is 1.59. The monoisotopic (exact) mass is 238 g/mol. The maximum atomic E-state index is 11.8. The summed E-state index contributed by atoms with van der Waals surface area (Å²) < 4.78 is 1.66. The standard InChI is InChI=1S/C12H18N2O3/c1-3-4-6-9(12(16)17)13-11(15)10-7-5-8-14(10)2/h5,7-9H,3-4,6H2,1-2H3,(H,13,15)(H,16,17). The number of hydrogen-bond acceptors (Lipinski definition) is 2. The van der Waals surface area contributed by atoms with E-state index in [1.54, 1.807) is 29.9 Å². The SMILES string of the molecule is CCCCC(NC(=O)c1cccn1C)C(=O)O. The number of amides is 1. The molecule has 94 valence electrons. The number of carboxylic acid groups (broad SMARTS) is 1. The molecule has 0 saturated heterocycles. The maximum absolute atomic E-state index is 11.8. The third-order valence-electron chi connectivity index (χ3n) is 2.63. The van der Waals surface area contributed by atoms with Gasteiger partial charge in [0, 0.05) is 13.2 Å². The minimum Gasteiger partial charge on any atom is -0.480 e. The van der Waals surface area contributed by atoms with Gasteiger partial charge in [-0.3, -0.25) is 4.79 Å². The first-order valence-electron chi connectivity index (χ1n) is 5.71. The van der Waals surface area contributed by atoms with Crippen molar-refractivity contribution in [3.8, 4) is 0 Å². The van der Waals surface area contributed by atoms with Crippen molar-refractivity contribution in [2.24, 2.45) is 7.05 Å². The second-order valence-corrected chi connectivity index (χ2v) is 4.01. The average Bonchev–Trinajstić information content (AvgIpc) is 2.70. The summed E-state index contributed by atoms with van der Waals surface area (Å²) in [5.74, 6) is -1.33. The van der Waals surface area contributed by atoms with Crippen molar-refractivity contribution in [3.05, 3.63) is 24.0 Å². The van der Waals surface area contributed by atoms with Crippen LogP contribution >= 0.6 is 0 Å². The molecular formula is C12H18N2O3. The first-order chi connectivity index (χ1) is 8.06. The van der Waals surface area contributed by atoms with Gasteiger partial charge in [0.25, 0.3) is 5.91 Å². The molecular weight excluding hydrogens is 220 g/mol. The minimum atomic E-state index is -0.985. The van der Waals surface area contributed by atoms with E-state index in [1.165, 1.54) is 0 Å². The summed E-state index contributed by atoms with van der Waals surface area (Å²) in [7, 11) is 1.75. The highest BCUT2D eigenvalue weighted by molar-refractivity contribution is 5.95. The van der Waals surface area contributed by atoms with Gasteiger partial charge in [0.1, 0.15) is 11.7 Å². The molecule has 1 unspecified atom stereocenters. The Morgan fingerprint density at radius 1 is 1.53 bits per heavy atom. The molecule has 1 amide bonds. The Balaban J connectivity index is 2.64. The fourth-order valence-corrected chi connectivity index (χ4v) is 1.59. The van der Waals surface area contributed by atoms with Crippen LogP contribution in [0.25, 0.3) is 0 Å². The number of nitrogens with zero attached hydrogens (tertiary/aromatic N) is 1. The average molecular weight is 238 g/mol. The molecule has 1 atom stereocenters. The van der Waals surface area contributed by atoms with Crippen LogP contribution in [-0.4, -0.2) is 27.6 Å². The summed E-state index contributed by atoms with van der Waals surface area (Å²) in [5.41, 5.74) is 0.466. The molecule has 5 heteroatoms. The zero-order valence-corrected chi connectivity index (χ0v) is 10.1. The van der Waals surface area contributed by atoms with Crippen LogP contribution in [0, 0.1) is 0 Å². The highest BCUT2D eigenvalue weighted by atomic mass is 16.4. The van der Waals surface area contributed by atoms with Crippen LogP contribution in [0.5, 0.6) is 0 Å². The van der Waals surface area contributed by atoms with Crippen molar-refractivity contribution < 1.29 is 14.7 Å². The summed E-state index contributed by atoms with van der Waals surface area (Å²) in [5, 5.41) is 11.5. The van der Waals surface area contributed by atoms with Crippen molar-refractivity contribution in [1.29, 1.82) is 0 Å². The Hall–Kier alpha value is -1.78. The molecule has 1 aromatic heterocycles. The van der Waals surface area contributed by atoms with Gasteiger partial charge in [-0.05, 0) is 18.6 Å². The van der Waals surface area contributed by atoms with E-state index >= 15 is 0 Å². The fraction of sp³-hybridized carbons (Fsp3) is 0.500. The van der Waals surface area contributed by atoms with Crippen LogP contribution in [0.1, 0.15) is 36.7 Å². The molecule has 5 nitrogen and oxygen atoms in total. The van der Waals surface area contributed by atoms with E-state index in [0.29, 0.717) is 12.1 Å². The molecule has 0 aromatic carbocycles. The van der Waals surface area contributed by atoms with Crippen molar-refractivity contribution in [2.45, 2.75) is 32.2 Å². The van der Waals surface area contributed by atoms with Crippen molar-refractivity contribution in [3.63, 3.8) is 0 Å². The second-order valence-electron chi connectivity index (χ2n) is 4.01. The molecule has 0 spiro atoms. The van der Waals surface area contributed by atoms with Crippen molar-refractivity contribution in [1.82, 2.24) is 9.88 Å². The molecule has 1 aromatic rings. The zero-order chi connectivity index (χ0) is 12.8. The van der Waals surface area contributed by atoms with E-state index in [1.807, 2.05) is 6.92 Å². The first-order valence-corrected chi connectivity index (χ1v) is 5.71. The second kappa shape index (κ2) is 6.08. The maximum Gasteiger partial charge on any atom is 0.326 e. The molecule has 0 fully saturated rings. The lowest BCUT2D eigenvalue weighted by Crippen LogP contribution is -2.41. The van der Waals surface area contributed by atoms with Gasteiger partial charge in [-0.25, -0.2) is 4.79 Å². The number of hydrogen-bond donors (Lipinski definition) is 2. The zero-order valence-electron chi connectivity index (χ0n) is 10.1. The Bertz CT molecular complexity index is 398. The van der Waals surface area contributed by atoms with Gasteiger partial charge in [-0.15, -0.1) is 0 Å². The number of carbonyl (C=O) groups is 2. The number of nitrogens with one attached hydrogen (secondary N) is 1. The smallest absolute Gasteiger partial charge is 0.326 e. The largest absolute Gasteiger partial charge is 0.480 e. The number of aliphatic carboxylic acids is 1. The van der Waals surface area contributed by atoms with Crippen LogP contribution in [0.3, 0.4) is 0 Å². The molecule has 0 aliphatic rings. The third kappa shape index (κ3) is 3.62. The molecule has 1 heterocycles. The predicted molar refractivity (Wildman–Crippen MR) is 63.8 cm³/mol. The quantitative estimate of drug-likeness (QED) is 0.786. The van der Waals surface area contributed by atoms with E-state index in [2.05, 4.69) is 5.32 Å². The van der Waals surface area contributed by atoms with Crippen LogP contribution < -0.4 is 5.32 Å². The molecule has 0 radical (unpaired) electrons. The van der Waals surface area contributed by atoms with Crippen LogP contribution in [-0.2, 0) is 11.8 Å². The molecule has 0 bridgehead atoms. The Kier molecular flexibility index (Phi) is 4.75. The molecule has 0 aliphatic carbocycles. The lowest BCUT2D eigenvalue weighted by atomic mass is 10.1. The van der Waals surface area contributed by atoms with E-state index in [9.17, 15) is 9.59 Å². The molecule has 0 aliphatic heterocycles. The summed E-state index contributed by atoms with van der Waals surface area (Å²) in [6.07, 6.45) is 3.90. The molecule has 0 saturated carbocycles. The number of aromatic nitrogens is 1. The summed E-state index contributed by atoms with van der Waals surface area (Å²) in [6.45, 7) is 1.98. The molecule has 17 heavy (non-hydrogen) atoms. The number of aryl methyl sites for hydroxylation is 1. The first kappa shape index (κ1) is 13.3. The van der Waals surface area contributed by atoms with Gasteiger partial charge in [0.2, 0.25) is 0 Å². The summed E-state index contributed by atoms with van der Waals surface area (Å²) >= 11 is 0. The number of carbonyl (C=O) groups excluding carboxylic acids is 1. The topological polar surface area (TPSA) is 71.3 Å². The van der Waals surface area contributed by atoms with Crippen LogP contribution in [0.15, 0.2) is 18.3 Å². The van der Waals surface area contributed by atoms with Gasteiger partial charge in [-0.2, -0.15) is 0 Å². The normalized spacial score (nSPS) is 12.1. The van der Waals surface area contributed by atoms with E-state index < -0.39 is 12.0 Å². The van der Waals surface area contributed by atoms with Gasteiger partial charge >= 0.3 is 5.97 Å². The molecule has 2 N–H and O–H groups in total. The predicted octanol–water partition coefficient (Wildman–Crippen LogP) is 1.40. The Morgan fingerprint density at radius 2 is 2.24 bits per heavy atom. The van der Waals surface area contributed by atoms with Gasteiger partial charge < -0.3 is 15.0 Å². The van der Waals surface area contributed by atoms with Gasteiger partial charge in [-0.1, -0.05) is 19.8 Å². The van der Waals surface area contributed by atoms with Crippen molar-refractivity contribution >= 4 is 11.9 Å². The summed E-state index contributed by atoms with van der Waals surface area (Å²) in [4.78, 5) is 22.8. The number of rotatable bonds is 6. The highest BCUT2D eigenvalue weighted by Crippen LogP contribution is 2.04. The Labute approximate surface area is 100 Å². The van der Waals surface area contributed by atoms with E-state index in [4.69, 9.17) is 5.11 Å². The number of carboxylic acids is 1.